The number of nitrogens with one attached hydrogen (secondary N) is 3. The van der Waals surface area contributed by atoms with Gasteiger partial charge in [-0.1, -0.05) is 36.4 Å². The zero-order chi connectivity index (χ0) is 20.1. The van der Waals surface area contributed by atoms with Crippen LogP contribution in [0.2, 0.25) is 0 Å². The second-order valence-electron chi connectivity index (χ2n) is 6.61. The fourth-order valence-electron chi connectivity index (χ4n) is 3.11. The minimum atomic E-state index is -0.280. The van der Waals surface area contributed by atoms with Crippen LogP contribution in [-0.2, 0) is 13.0 Å². The number of aromatic nitrogens is 3. The second kappa shape index (κ2) is 8.52. The molecule has 0 fully saturated rings. The Morgan fingerprint density at radius 1 is 0.966 bits per heavy atom. The number of hydrogen-bond donors (Lipinski definition) is 3. The summed E-state index contributed by atoms with van der Waals surface area (Å²) in [6.45, 7) is 0.785. The van der Waals surface area contributed by atoms with Crippen LogP contribution >= 0.6 is 0 Å². The normalized spacial score (nSPS) is 10.8. The highest BCUT2D eigenvalue weighted by atomic mass is 19.1. The zero-order valence-corrected chi connectivity index (χ0v) is 15.7. The van der Waals surface area contributed by atoms with Crippen LogP contribution in [-0.4, -0.2) is 27.6 Å². The largest absolute Gasteiger partial charge is 0.364 e. The molecule has 7 heteroatoms. The van der Waals surface area contributed by atoms with Gasteiger partial charge in [-0.05, 0) is 36.2 Å². The van der Waals surface area contributed by atoms with Crippen molar-refractivity contribution in [1.29, 1.82) is 0 Å². The van der Waals surface area contributed by atoms with E-state index in [9.17, 15) is 9.18 Å². The molecule has 1 amide bonds. The molecule has 0 aliphatic heterocycles. The molecule has 3 N–H and O–H groups in total. The van der Waals surface area contributed by atoms with E-state index in [1.807, 2.05) is 24.4 Å². The highest BCUT2D eigenvalue weighted by Crippen LogP contribution is 2.17. The number of carbonyl (C=O) groups is 1. The maximum absolute atomic E-state index is 13.6. The maximum atomic E-state index is 13.6. The van der Waals surface area contributed by atoms with Crippen molar-refractivity contribution < 1.29 is 9.18 Å². The van der Waals surface area contributed by atoms with Gasteiger partial charge >= 0.3 is 0 Å². The Balaban J connectivity index is 1.29. The summed E-state index contributed by atoms with van der Waals surface area (Å²) in [7, 11) is 0. The van der Waals surface area contributed by atoms with Gasteiger partial charge in [-0.3, -0.25) is 4.79 Å². The number of anilines is 1. The van der Waals surface area contributed by atoms with Crippen LogP contribution in [0.1, 0.15) is 21.6 Å². The average molecular weight is 389 g/mol. The Bertz CT molecular complexity index is 1120. The van der Waals surface area contributed by atoms with Crippen molar-refractivity contribution in [1.82, 2.24) is 20.5 Å². The summed E-state index contributed by atoms with van der Waals surface area (Å²) in [5, 5.41) is 15.0. The van der Waals surface area contributed by atoms with Crippen LogP contribution in [0.5, 0.6) is 0 Å². The second-order valence-corrected chi connectivity index (χ2v) is 6.61. The van der Waals surface area contributed by atoms with Gasteiger partial charge in [0.05, 0.1) is 0 Å². The van der Waals surface area contributed by atoms with Gasteiger partial charge in [0.25, 0.3) is 5.91 Å². The molecule has 0 radical (unpaired) electrons. The van der Waals surface area contributed by atoms with Gasteiger partial charge in [0.15, 0.2) is 5.69 Å². The van der Waals surface area contributed by atoms with E-state index in [0.717, 1.165) is 16.5 Å². The first-order valence-corrected chi connectivity index (χ1v) is 9.35. The fourth-order valence-corrected chi connectivity index (χ4v) is 3.11. The Labute approximate surface area is 167 Å². The number of halogens is 1. The smallest absolute Gasteiger partial charge is 0.271 e. The van der Waals surface area contributed by atoms with Gasteiger partial charge in [-0.25, -0.2) is 4.39 Å². The van der Waals surface area contributed by atoms with Crippen molar-refractivity contribution in [3.05, 3.63) is 89.5 Å². The topological polar surface area (TPSA) is 82.7 Å². The maximum Gasteiger partial charge on any atom is 0.271 e. The molecular formula is C22H20FN5O. The van der Waals surface area contributed by atoms with Crippen LogP contribution in [0.4, 0.5) is 10.2 Å². The number of aromatic amines is 1. The van der Waals surface area contributed by atoms with Crippen LogP contribution in [0.25, 0.3) is 10.9 Å². The molecular weight excluding hydrogens is 369 g/mol. The van der Waals surface area contributed by atoms with Crippen molar-refractivity contribution in [2.24, 2.45) is 0 Å². The van der Waals surface area contributed by atoms with Crippen molar-refractivity contribution in [2.45, 2.75) is 13.0 Å². The number of carbonyl (C=O) groups excluding carboxylic acids is 1. The summed E-state index contributed by atoms with van der Waals surface area (Å²) < 4.78 is 13.6. The van der Waals surface area contributed by atoms with Crippen LogP contribution < -0.4 is 10.6 Å². The monoisotopic (exact) mass is 389 g/mol. The van der Waals surface area contributed by atoms with Gasteiger partial charge in [0.2, 0.25) is 0 Å². The lowest BCUT2D eigenvalue weighted by Crippen LogP contribution is -2.26. The predicted octanol–water partition coefficient (Wildman–Crippen LogP) is 3.68. The van der Waals surface area contributed by atoms with E-state index in [-0.39, 0.29) is 24.0 Å². The molecule has 4 rings (SSSR count). The molecule has 0 aliphatic rings. The van der Waals surface area contributed by atoms with Gasteiger partial charge < -0.3 is 15.6 Å². The Hall–Kier alpha value is -3.74. The van der Waals surface area contributed by atoms with E-state index in [0.29, 0.717) is 24.3 Å². The number of amides is 1. The Kier molecular flexibility index (Phi) is 5.47. The molecule has 29 heavy (non-hydrogen) atoms. The summed E-state index contributed by atoms with van der Waals surface area (Å²) in [4.78, 5) is 15.5. The molecule has 6 nitrogen and oxygen atoms in total. The molecule has 0 saturated heterocycles. The summed E-state index contributed by atoms with van der Waals surface area (Å²) in [5.41, 5.74) is 3.01. The number of benzene rings is 2. The lowest BCUT2D eigenvalue weighted by atomic mass is 10.1. The van der Waals surface area contributed by atoms with Crippen molar-refractivity contribution in [2.75, 3.05) is 11.9 Å². The third-order valence-corrected chi connectivity index (χ3v) is 4.67. The Morgan fingerprint density at radius 2 is 1.79 bits per heavy atom. The summed E-state index contributed by atoms with van der Waals surface area (Å²) in [5.74, 6) is -0.0826. The quantitative estimate of drug-likeness (QED) is 0.450. The van der Waals surface area contributed by atoms with Crippen molar-refractivity contribution in [3.8, 4) is 0 Å². The number of H-pyrrole nitrogens is 1. The molecule has 2 heterocycles. The molecule has 0 aliphatic carbocycles. The SMILES string of the molecule is O=C(NCCc1c[nH]c2ccccc12)c1ccc(NCc2ccccc2F)nn1. The van der Waals surface area contributed by atoms with E-state index in [1.54, 1.807) is 30.3 Å². The number of fused-ring (bicyclic) bond motifs is 1. The number of rotatable bonds is 7. The van der Waals surface area contributed by atoms with E-state index in [1.165, 1.54) is 6.07 Å². The molecule has 0 bridgehead atoms. The predicted molar refractivity (Wildman–Crippen MR) is 110 cm³/mol. The average Bonchev–Trinajstić information content (AvgIpc) is 3.17. The molecule has 146 valence electrons. The lowest BCUT2D eigenvalue weighted by molar-refractivity contribution is 0.0948. The highest BCUT2D eigenvalue weighted by molar-refractivity contribution is 5.92. The van der Waals surface area contributed by atoms with E-state index in [4.69, 9.17) is 0 Å². The first-order valence-electron chi connectivity index (χ1n) is 9.35. The Morgan fingerprint density at radius 3 is 2.62 bits per heavy atom. The number of nitrogens with zero attached hydrogens (tertiary/aromatic N) is 2. The van der Waals surface area contributed by atoms with Crippen LogP contribution in [0.15, 0.2) is 66.9 Å². The number of hydrogen-bond acceptors (Lipinski definition) is 4. The summed E-state index contributed by atoms with van der Waals surface area (Å²) >= 11 is 0. The first-order chi connectivity index (χ1) is 14.2. The molecule has 2 aromatic carbocycles. The van der Waals surface area contributed by atoms with E-state index >= 15 is 0 Å². The molecule has 0 unspecified atom stereocenters. The van der Waals surface area contributed by atoms with Crippen molar-refractivity contribution >= 4 is 22.6 Å². The minimum absolute atomic E-state index is 0.236. The molecule has 0 saturated carbocycles. The van der Waals surface area contributed by atoms with E-state index < -0.39 is 0 Å². The van der Waals surface area contributed by atoms with Crippen LogP contribution in [0, 0.1) is 5.82 Å². The van der Waals surface area contributed by atoms with Gasteiger partial charge in [0, 0.05) is 35.8 Å². The lowest BCUT2D eigenvalue weighted by Gasteiger charge is -2.07. The third-order valence-electron chi connectivity index (χ3n) is 4.67. The van der Waals surface area contributed by atoms with Crippen LogP contribution in [0.3, 0.4) is 0 Å². The van der Waals surface area contributed by atoms with Gasteiger partial charge in [0.1, 0.15) is 11.6 Å². The molecule has 4 aromatic rings. The summed E-state index contributed by atoms with van der Waals surface area (Å²) in [6.07, 6.45) is 2.68. The molecule has 0 spiro atoms. The standard InChI is InChI=1S/C22H20FN5O/c23-18-7-3-1-5-16(18)14-26-21-10-9-20(27-28-21)22(29)24-12-11-15-13-25-19-8-4-2-6-17(15)19/h1-10,13,25H,11-12,14H2,(H,24,29)(H,26,28). The highest BCUT2D eigenvalue weighted by Gasteiger charge is 2.09. The number of para-hydroxylation sites is 1. The van der Waals surface area contributed by atoms with Gasteiger partial charge in [-0.15, -0.1) is 10.2 Å². The van der Waals surface area contributed by atoms with Gasteiger partial charge in [-0.2, -0.15) is 0 Å². The third kappa shape index (κ3) is 4.40. The fraction of sp³-hybridized carbons (Fsp3) is 0.136. The summed E-state index contributed by atoms with van der Waals surface area (Å²) in [6, 6.07) is 17.8. The zero-order valence-electron chi connectivity index (χ0n) is 15.7. The van der Waals surface area contributed by atoms with E-state index in [2.05, 4.69) is 31.9 Å². The minimum Gasteiger partial charge on any atom is -0.364 e. The molecule has 2 aromatic heterocycles. The van der Waals surface area contributed by atoms with Crippen molar-refractivity contribution in [3.63, 3.8) is 0 Å². The first kappa shape index (κ1) is 18.6. The molecule has 0 atom stereocenters.